The van der Waals surface area contributed by atoms with Crippen molar-refractivity contribution >= 4 is 27.3 Å². The number of aryl methyl sites for hydroxylation is 1. The summed E-state index contributed by atoms with van der Waals surface area (Å²) in [4.78, 5) is 22.3. The van der Waals surface area contributed by atoms with Gasteiger partial charge in [-0.25, -0.2) is 0 Å². The molecule has 1 aliphatic heterocycles. The second-order valence-electron chi connectivity index (χ2n) is 6.48. The number of rotatable bonds is 3. The minimum atomic E-state index is 0.183. The maximum atomic E-state index is 13.0. The van der Waals surface area contributed by atoms with Crippen LogP contribution in [0.2, 0.25) is 0 Å². The SMILES string of the molecule is Cc1c(C(=O)N2CCN(Cc3ccncc3)CC2)sc2ccccc12. The average molecular weight is 351 g/mol. The third-order valence-corrected chi connectivity index (χ3v) is 6.11. The first kappa shape index (κ1) is 16.2. The zero-order valence-corrected chi connectivity index (χ0v) is 15.1. The lowest BCUT2D eigenvalue weighted by molar-refractivity contribution is 0.0632. The van der Waals surface area contributed by atoms with Crippen molar-refractivity contribution in [2.45, 2.75) is 13.5 Å². The molecule has 1 aromatic carbocycles. The third kappa shape index (κ3) is 3.30. The molecule has 0 unspecified atom stereocenters. The number of carbonyl (C=O) groups is 1. The van der Waals surface area contributed by atoms with Crippen molar-refractivity contribution < 1.29 is 4.79 Å². The Labute approximate surface area is 151 Å². The number of carbonyl (C=O) groups excluding carboxylic acids is 1. The Balaban J connectivity index is 1.43. The van der Waals surface area contributed by atoms with Crippen LogP contribution in [0, 0.1) is 6.92 Å². The van der Waals surface area contributed by atoms with Gasteiger partial charge >= 0.3 is 0 Å². The smallest absolute Gasteiger partial charge is 0.264 e. The maximum absolute atomic E-state index is 13.0. The minimum Gasteiger partial charge on any atom is -0.335 e. The fraction of sp³-hybridized carbons (Fsp3) is 0.300. The number of hydrogen-bond donors (Lipinski definition) is 0. The molecule has 0 saturated carbocycles. The highest BCUT2D eigenvalue weighted by molar-refractivity contribution is 7.21. The summed E-state index contributed by atoms with van der Waals surface area (Å²) in [5, 5.41) is 1.20. The highest BCUT2D eigenvalue weighted by Gasteiger charge is 2.25. The van der Waals surface area contributed by atoms with Crippen LogP contribution in [-0.2, 0) is 6.54 Å². The van der Waals surface area contributed by atoms with Gasteiger partial charge < -0.3 is 4.90 Å². The second kappa shape index (κ2) is 6.94. The van der Waals surface area contributed by atoms with E-state index in [1.54, 1.807) is 11.3 Å². The highest BCUT2D eigenvalue weighted by Crippen LogP contribution is 2.31. The summed E-state index contributed by atoms with van der Waals surface area (Å²) in [6.07, 6.45) is 3.67. The summed E-state index contributed by atoms with van der Waals surface area (Å²) >= 11 is 1.62. The molecule has 2 aromatic heterocycles. The molecule has 0 radical (unpaired) electrons. The fourth-order valence-electron chi connectivity index (χ4n) is 3.38. The van der Waals surface area contributed by atoms with Gasteiger partial charge in [0.25, 0.3) is 5.91 Å². The van der Waals surface area contributed by atoms with Gasteiger partial charge in [0.05, 0.1) is 4.88 Å². The van der Waals surface area contributed by atoms with Gasteiger partial charge in [0, 0.05) is 49.8 Å². The third-order valence-electron chi connectivity index (χ3n) is 4.85. The zero-order valence-electron chi connectivity index (χ0n) is 14.3. The Morgan fingerprint density at radius 3 is 2.52 bits per heavy atom. The quantitative estimate of drug-likeness (QED) is 0.724. The first-order valence-electron chi connectivity index (χ1n) is 8.61. The first-order valence-corrected chi connectivity index (χ1v) is 9.42. The van der Waals surface area contributed by atoms with Gasteiger partial charge in [0.2, 0.25) is 0 Å². The number of nitrogens with zero attached hydrogens (tertiary/aromatic N) is 3. The number of fused-ring (bicyclic) bond motifs is 1. The van der Waals surface area contributed by atoms with Crippen molar-refractivity contribution in [3.8, 4) is 0 Å². The topological polar surface area (TPSA) is 36.4 Å². The summed E-state index contributed by atoms with van der Waals surface area (Å²) in [7, 11) is 0. The largest absolute Gasteiger partial charge is 0.335 e. The van der Waals surface area contributed by atoms with Crippen LogP contribution in [0.3, 0.4) is 0 Å². The molecule has 1 fully saturated rings. The van der Waals surface area contributed by atoms with E-state index in [9.17, 15) is 4.79 Å². The predicted octanol–water partition coefficient (Wildman–Crippen LogP) is 3.56. The lowest BCUT2D eigenvalue weighted by Gasteiger charge is -2.34. The van der Waals surface area contributed by atoms with Crippen LogP contribution in [0.25, 0.3) is 10.1 Å². The Morgan fingerprint density at radius 2 is 1.80 bits per heavy atom. The molecule has 3 aromatic rings. The molecule has 3 heterocycles. The number of benzene rings is 1. The molecule has 0 bridgehead atoms. The summed E-state index contributed by atoms with van der Waals surface area (Å²) < 4.78 is 1.19. The maximum Gasteiger partial charge on any atom is 0.264 e. The van der Waals surface area contributed by atoms with E-state index in [2.05, 4.69) is 41.1 Å². The van der Waals surface area contributed by atoms with Crippen LogP contribution in [0.15, 0.2) is 48.8 Å². The van der Waals surface area contributed by atoms with Crippen molar-refractivity contribution in [1.82, 2.24) is 14.8 Å². The van der Waals surface area contributed by atoms with E-state index in [4.69, 9.17) is 0 Å². The summed E-state index contributed by atoms with van der Waals surface area (Å²) in [5.41, 5.74) is 2.39. The lowest BCUT2D eigenvalue weighted by atomic mass is 10.1. The van der Waals surface area contributed by atoms with Crippen molar-refractivity contribution in [3.05, 3.63) is 64.8 Å². The van der Waals surface area contributed by atoms with E-state index in [1.807, 2.05) is 29.4 Å². The van der Waals surface area contributed by atoms with Crippen LogP contribution in [0.4, 0.5) is 0 Å². The Hall–Kier alpha value is -2.24. The van der Waals surface area contributed by atoms with Gasteiger partial charge in [-0.1, -0.05) is 18.2 Å². The Bertz CT molecular complexity index is 882. The van der Waals surface area contributed by atoms with Gasteiger partial charge in [0.1, 0.15) is 0 Å². The van der Waals surface area contributed by atoms with Crippen LogP contribution < -0.4 is 0 Å². The number of hydrogen-bond acceptors (Lipinski definition) is 4. The standard InChI is InChI=1S/C20H21N3OS/c1-15-17-4-2-3-5-18(17)25-19(15)20(24)23-12-10-22(11-13-23)14-16-6-8-21-9-7-16/h2-9H,10-14H2,1H3. The highest BCUT2D eigenvalue weighted by atomic mass is 32.1. The van der Waals surface area contributed by atoms with Crippen molar-refractivity contribution in [2.24, 2.45) is 0 Å². The predicted molar refractivity (Wildman–Crippen MR) is 102 cm³/mol. The molecule has 128 valence electrons. The molecule has 0 aliphatic carbocycles. The van der Waals surface area contributed by atoms with E-state index in [1.165, 1.54) is 15.6 Å². The molecule has 1 amide bonds. The molecule has 1 aliphatic rings. The molecule has 0 atom stereocenters. The molecular formula is C20H21N3OS. The summed E-state index contributed by atoms with van der Waals surface area (Å²) in [5.74, 6) is 0.183. The molecule has 0 N–H and O–H groups in total. The molecular weight excluding hydrogens is 330 g/mol. The zero-order chi connectivity index (χ0) is 17.2. The molecule has 5 heteroatoms. The molecule has 1 saturated heterocycles. The monoisotopic (exact) mass is 351 g/mol. The Morgan fingerprint density at radius 1 is 1.08 bits per heavy atom. The van der Waals surface area contributed by atoms with Gasteiger partial charge in [-0.2, -0.15) is 0 Å². The average Bonchev–Trinajstić information content (AvgIpc) is 3.00. The summed E-state index contributed by atoms with van der Waals surface area (Å²) in [6.45, 7) is 6.39. The number of piperazine rings is 1. The minimum absolute atomic E-state index is 0.183. The van der Waals surface area contributed by atoms with Gasteiger partial charge in [-0.05, 0) is 41.6 Å². The van der Waals surface area contributed by atoms with Crippen molar-refractivity contribution in [3.63, 3.8) is 0 Å². The van der Waals surface area contributed by atoms with E-state index in [0.29, 0.717) is 0 Å². The number of aromatic nitrogens is 1. The van der Waals surface area contributed by atoms with E-state index >= 15 is 0 Å². The molecule has 4 rings (SSSR count). The molecule has 25 heavy (non-hydrogen) atoms. The molecule has 4 nitrogen and oxygen atoms in total. The number of pyridine rings is 1. The van der Waals surface area contributed by atoms with Crippen LogP contribution >= 0.6 is 11.3 Å². The van der Waals surface area contributed by atoms with Crippen LogP contribution in [-0.4, -0.2) is 46.9 Å². The van der Waals surface area contributed by atoms with Crippen LogP contribution in [0.1, 0.15) is 20.8 Å². The number of thiophene rings is 1. The number of amides is 1. The fourth-order valence-corrected chi connectivity index (χ4v) is 4.55. The second-order valence-corrected chi connectivity index (χ2v) is 7.53. The van der Waals surface area contributed by atoms with Crippen molar-refractivity contribution in [2.75, 3.05) is 26.2 Å². The van der Waals surface area contributed by atoms with Crippen LogP contribution in [0.5, 0.6) is 0 Å². The normalized spacial score (nSPS) is 15.6. The van der Waals surface area contributed by atoms with E-state index in [0.717, 1.165) is 43.2 Å². The molecule has 0 spiro atoms. The van der Waals surface area contributed by atoms with E-state index < -0.39 is 0 Å². The van der Waals surface area contributed by atoms with Crippen molar-refractivity contribution in [1.29, 1.82) is 0 Å². The van der Waals surface area contributed by atoms with Gasteiger partial charge in [-0.15, -0.1) is 11.3 Å². The first-order chi connectivity index (χ1) is 12.2. The summed E-state index contributed by atoms with van der Waals surface area (Å²) in [6, 6.07) is 12.4. The van der Waals surface area contributed by atoms with Gasteiger partial charge in [-0.3, -0.25) is 14.7 Å². The Kier molecular flexibility index (Phi) is 4.51. The van der Waals surface area contributed by atoms with E-state index in [-0.39, 0.29) is 5.91 Å². The lowest BCUT2D eigenvalue weighted by Crippen LogP contribution is -2.48. The van der Waals surface area contributed by atoms with Gasteiger partial charge in [0.15, 0.2) is 0 Å².